The lowest BCUT2D eigenvalue weighted by atomic mass is 9.94. The summed E-state index contributed by atoms with van der Waals surface area (Å²) in [7, 11) is 0. The molecule has 4 heteroatoms. The second kappa shape index (κ2) is 3.82. The van der Waals surface area contributed by atoms with E-state index in [1.54, 1.807) is 0 Å². The molecular formula is C12H16ClNO2. The standard InChI is InChI=1S/C12H16ClNO2/c1-7-10(13)8(5-12(2,3)14)4-9-11(7)16-6-15-9/h4H,5-6,14H2,1-3H3. The molecular weight excluding hydrogens is 226 g/mol. The van der Waals surface area contributed by atoms with Gasteiger partial charge in [0, 0.05) is 11.1 Å². The summed E-state index contributed by atoms with van der Waals surface area (Å²) >= 11 is 6.29. The van der Waals surface area contributed by atoms with Gasteiger partial charge in [0.15, 0.2) is 11.5 Å². The summed E-state index contributed by atoms with van der Waals surface area (Å²) in [5.74, 6) is 1.52. The van der Waals surface area contributed by atoms with E-state index in [4.69, 9.17) is 26.8 Å². The van der Waals surface area contributed by atoms with Gasteiger partial charge in [-0.1, -0.05) is 11.6 Å². The molecule has 0 bridgehead atoms. The van der Waals surface area contributed by atoms with Crippen molar-refractivity contribution in [3.63, 3.8) is 0 Å². The number of halogens is 1. The van der Waals surface area contributed by atoms with E-state index < -0.39 is 0 Å². The van der Waals surface area contributed by atoms with Crippen molar-refractivity contribution in [2.24, 2.45) is 5.73 Å². The van der Waals surface area contributed by atoms with Gasteiger partial charge in [-0.05, 0) is 38.8 Å². The van der Waals surface area contributed by atoms with Gasteiger partial charge in [0.1, 0.15) is 0 Å². The molecule has 2 rings (SSSR count). The van der Waals surface area contributed by atoms with E-state index in [9.17, 15) is 0 Å². The molecule has 0 unspecified atom stereocenters. The number of benzene rings is 1. The molecule has 0 saturated heterocycles. The smallest absolute Gasteiger partial charge is 0.231 e. The predicted octanol–water partition coefficient (Wildman–Crippen LogP) is 2.66. The Hall–Kier alpha value is -0.930. The van der Waals surface area contributed by atoms with Crippen molar-refractivity contribution in [2.75, 3.05) is 6.79 Å². The maximum absolute atomic E-state index is 6.29. The highest BCUT2D eigenvalue weighted by atomic mass is 35.5. The summed E-state index contributed by atoms with van der Waals surface area (Å²) in [6, 6.07) is 1.92. The number of rotatable bonds is 2. The molecule has 0 fully saturated rings. The first-order chi connectivity index (χ1) is 7.38. The number of nitrogens with two attached hydrogens (primary N) is 1. The average Bonchev–Trinajstić information content (AvgIpc) is 2.59. The molecule has 0 amide bonds. The molecule has 16 heavy (non-hydrogen) atoms. The number of ether oxygens (including phenoxy) is 2. The molecule has 1 aromatic carbocycles. The lowest BCUT2D eigenvalue weighted by Gasteiger charge is -2.20. The fraction of sp³-hybridized carbons (Fsp3) is 0.500. The van der Waals surface area contributed by atoms with Crippen LogP contribution in [0.3, 0.4) is 0 Å². The molecule has 1 aromatic rings. The minimum absolute atomic E-state index is 0.266. The van der Waals surface area contributed by atoms with Crippen LogP contribution in [0.5, 0.6) is 11.5 Å². The molecule has 0 aliphatic carbocycles. The molecule has 0 aromatic heterocycles. The van der Waals surface area contributed by atoms with Gasteiger partial charge in [0.2, 0.25) is 6.79 Å². The third-order valence-electron chi connectivity index (χ3n) is 2.54. The monoisotopic (exact) mass is 241 g/mol. The van der Waals surface area contributed by atoms with Crippen LogP contribution >= 0.6 is 11.6 Å². The molecule has 0 atom stereocenters. The minimum atomic E-state index is -0.288. The normalized spacial score (nSPS) is 14.3. The summed E-state index contributed by atoms with van der Waals surface area (Å²) in [5.41, 5.74) is 7.65. The number of hydrogen-bond donors (Lipinski definition) is 1. The minimum Gasteiger partial charge on any atom is -0.454 e. The van der Waals surface area contributed by atoms with Gasteiger partial charge in [0.05, 0.1) is 5.02 Å². The fourth-order valence-electron chi connectivity index (χ4n) is 1.87. The SMILES string of the molecule is Cc1c(Cl)c(CC(C)(C)N)cc2c1OCO2. The van der Waals surface area contributed by atoms with Crippen LogP contribution in [0.1, 0.15) is 25.0 Å². The van der Waals surface area contributed by atoms with E-state index >= 15 is 0 Å². The van der Waals surface area contributed by atoms with Crippen LogP contribution < -0.4 is 15.2 Å². The van der Waals surface area contributed by atoms with Crippen molar-refractivity contribution in [1.82, 2.24) is 0 Å². The Bertz CT molecular complexity index is 424. The highest BCUT2D eigenvalue weighted by Gasteiger charge is 2.23. The van der Waals surface area contributed by atoms with E-state index in [2.05, 4.69) is 0 Å². The van der Waals surface area contributed by atoms with E-state index in [0.717, 1.165) is 27.6 Å². The number of fused-ring (bicyclic) bond motifs is 1. The molecule has 0 spiro atoms. The Labute approximate surface area is 100 Å². The van der Waals surface area contributed by atoms with Crippen molar-refractivity contribution in [2.45, 2.75) is 32.7 Å². The Morgan fingerprint density at radius 3 is 2.75 bits per heavy atom. The molecule has 3 nitrogen and oxygen atoms in total. The van der Waals surface area contributed by atoms with Crippen LogP contribution in [-0.2, 0) is 6.42 Å². The zero-order valence-electron chi connectivity index (χ0n) is 9.76. The van der Waals surface area contributed by atoms with Crippen LogP contribution in [-0.4, -0.2) is 12.3 Å². The largest absolute Gasteiger partial charge is 0.454 e. The number of hydrogen-bond acceptors (Lipinski definition) is 3. The van der Waals surface area contributed by atoms with Crippen molar-refractivity contribution in [3.8, 4) is 11.5 Å². The van der Waals surface area contributed by atoms with Gasteiger partial charge in [-0.15, -0.1) is 0 Å². The van der Waals surface area contributed by atoms with Crippen molar-refractivity contribution < 1.29 is 9.47 Å². The molecule has 0 radical (unpaired) electrons. The Morgan fingerprint density at radius 2 is 2.12 bits per heavy atom. The Kier molecular flexibility index (Phi) is 2.76. The molecule has 1 aliphatic rings. The van der Waals surface area contributed by atoms with Gasteiger partial charge < -0.3 is 15.2 Å². The average molecular weight is 242 g/mol. The molecule has 2 N–H and O–H groups in total. The quantitative estimate of drug-likeness (QED) is 0.866. The Morgan fingerprint density at radius 1 is 1.44 bits per heavy atom. The summed E-state index contributed by atoms with van der Waals surface area (Å²) in [5, 5.41) is 0.725. The van der Waals surface area contributed by atoms with E-state index in [0.29, 0.717) is 6.42 Å². The molecule has 1 aliphatic heterocycles. The maximum atomic E-state index is 6.29. The van der Waals surface area contributed by atoms with Crippen molar-refractivity contribution in [3.05, 3.63) is 22.2 Å². The fourth-order valence-corrected chi connectivity index (χ4v) is 2.08. The van der Waals surface area contributed by atoms with Gasteiger partial charge in [-0.2, -0.15) is 0 Å². The van der Waals surface area contributed by atoms with E-state index in [1.165, 1.54) is 0 Å². The lowest BCUT2D eigenvalue weighted by molar-refractivity contribution is 0.173. The van der Waals surface area contributed by atoms with Gasteiger partial charge in [-0.25, -0.2) is 0 Å². The van der Waals surface area contributed by atoms with E-state index in [1.807, 2.05) is 26.8 Å². The third-order valence-corrected chi connectivity index (χ3v) is 3.07. The summed E-state index contributed by atoms with van der Waals surface area (Å²) in [4.78, 5) is 0. The zero-order valence-corrected chi connectivity index (χ0v) is 10.5. The van der Waals surface area contributed by atoms with Crippen LogP contribution in [0.2, 0.25) is 5.02 Å². The second-order valence-corrected chi connectivity index (χ2v) is 5.25. The molecule has 0 saturated carbocycles. The van der Waals surface area contributed by atoms with E-state index in [-0.39, 0.29) is 12.3 Å². The van der Waals surface area contributed by atoms with Crippen LogP contribution in [0.15, 0.2) is 6.07 Å². The second-order valence-electron chi connectivity index (χ2n) is 4.87. The molecule has 88 valence electrons. The predicted molar refractivity (Wildman–Crippen MR) is 64.3 cm³/mol. The Balaban J connectivity index is 2.44. The lowest BCUT2D eigenvalue weighted by Crippen LogP contribution is -2.34. The van der Waals surface area contributed by atoms with Crippen LogP contribution in [0.25, 0.3) is 0 Å². The van der Waals surface area contributed by atoms with Gasteiger partial charge in [0.25, 0.3) is 0 Å². The highest BCUT2D eigenvalue weighted by Crippen LogP contribution is 2.41. The first kappa shape index (κ1) is 11.6. The maximum Gasteiger partial charge on any atom is 0.231 e. The van der Waals surface area contributed by atoms with Gasteiger partial charge in [-0.3, -0.25) is 0 Å². The third kappa shape index (κ3) is 2.11. The van der Waals surface area contributed by atoms with Crippen molar-refractivity contribution >= 4 is 11.6 Å². The van der Waals surface area contributed by atoms with Crippen LogP contribution in [0, 0.1) is 6.92 Å². The van der Waals surface area contributed by atoms with Gasteiger partial charge >= 0.3 is 0 Å². The first-order valence-electron chi connectivity index (χ1n) is 5.25. The summed E-state index contributed by atoms with van der Waals surface area (Å²) in [6.07, 6.45) is 0.712. The first-order valence-corrected chi connectivity index (χ1v) is 5.63. The summed E-state index contributed by atoms with van der Waals surface area (Å²) in [6.45, 7) is 6.15. The summed E-state index contributed by atoms with van der Waals surface area (Å²) < 4.78 is 10.7. The molecule has 1 heterocycles. The van der Waals surface area contributed by atoms with Crippen LogP contribution in [0.4, 0.5) is 0 Å². The van der Waals surface area contributed by atoms with Crippen molar-refractivity contribution in [1.29, 1.82) is 0 Å². The topological polar surface area (TPSA) is 44.5 Å². The zero-order chi connectivity index (χ0) is 11.9. The highest BCUT2D eigenvalue weighted by molar-refractivity contribution is 6.32.